The number of carbonyl (C=O) groups is 1. The largest absolute Gasteiger partial charge is 0.378 e. The lowest BCUT2D eigenvalue weighted by Crippen LogP contribution is -2.26. The van der Waals surface area contributed by atoms with Crippen molar-refractivity contribution in [2.45, 2.75) is 0 Å². The monoisotopic (exact) mass is 206 g/mol. The van der Waals surface area contributed by atoms with Gasteiger partial charge in [0.2, 0.25) is 0 Å². The molecule has 0 aliphatic carbocycles. The van der Waals surface area contributed by atoms with E-state index in [4.69, 9.17) is 20.1 Å². The van der Waals surface area contributed by atoms with Crippen LogP contribution in [0.4, 0.5) is 0 Å². The number of nitrogens with one attached hydrogen (secondary N) is 1. The Kier molecular flexibility index (Phi) is 12.0. The molecule has 0 aromatic heterocycles. The second-order valence-corrected chi connectivity index (χ2v) is 2.42. The maximum Gasteiger partial charge on any atom is 0.145 e. The van der Waals surface area contributed by atoms with Gasteiger partial charge in [-0.2, -0.15) is 0 Å². The van der Waals surface area contributed by atoms with Crippen LogP contribution in [0.5, 0.6) is 0 Å². The van der Waals surface area contributed by atoms with E-state index in [2.05, 4.69) is 5.43 Å². The Bertz CT molecular complexity index is 124. The van der Waals surface area contributed by atoms with E-state index in [0.29, 0.717) is 45.9 Å². The molecule has 0 atom stereocenters. The first-order valence-corrected chi connectivity index (χ1v) is 4.52. The fourth-order valence-corrected chi connectivity index (χ4v) is 0.702. The van der Waals surface area contributed by atoms with E-state index in [1.54, 1.807) is 0 Å². The average molecular weight is 206 g/mol. The molecule has 3 N–H and O–H groups in total. The van der Waals surface area contributed by atoms with Gasteiger partial charge in [-0.3, -0.25) is 11.3 Å². The molecule has 0 aromatic carbocycles. The Morgan fingerprint density at radius 3 is 2.14 bits per heavy atom. The topological polar surface area (TPSA) is 82.8 Å². The van der Waals surface area contributed by atoms with Gasteiger partial charge in [0, 0.05) is 6.54 Å². The molecule has 0 unspecified atom stereocenters. The SMILES string of the molecule is NNCCOCCOCCOCC=O. The quantitative estimate of drug-likeness (QED) is 0.189. The number of aldehydes is 1. The first-order valence-electron chi connectivity index (χ1n) is 4.52. The second kappa shape index (κ2) is 12.5. The van der Waals surface area contributed by atoms with E-state index in [9.17, 15) is 4.79 Å². The number of hydrogen-bond donors (Lipinski definition) is 2. The number of ether oxygens (including phenoxy) is 3. The summed E-state index contributed by atoms with van der Waals surface area (Å²) in [6.45, 7) is 3.30. The Morgan fingerprint density at radius 2 is 1.57 bits per heavy atom. The maximum absolute atomic E-state index is 9.84. The summed E-state index contributed by atoms with van der Waals surface area (Å²) in [4.78, 5) is 9.84. The van der Waals surface area contributed by atoms with Crippen LogP contribution < -0.4 is 11.3 Å². The molecule has 0 spiro atoms. The van der Waals surface area contributed by atoms with Gasteiger partial charge in [0.25, 0.3) is 0 Å². The van der Waals surface area contributed by atoms with Gasteiger partial charge in [0.15, 0.2) is 0 Å². The van der Waals surface area contributed by atoms with Gasteiger partial charge in [-0.05, 0) is 0 Å². The molecule has 0 aliphatic rings. The van der Waals surface area contributed by atoms with Gasteiger partial charge in [-0.15, -0.1) is 0 Å². The molecule has 0 rings (SSSR count). The van der Waals surface area contributed by atoms with Gasteiger partial charge < -0.3 is 19.0 Å². The smallest absolute Gasteiger partial charge is 0.145 e. The summed E-state index contributed by atoms with van der Waals surface area (Å²) in [5, 5.41) is 0. The van der Waals surface area contributed by atoms with E-state index in [-0.39, 0.29) is 6.61 Å². The molecular formula is C8H18N2O4. The molecule has 84 valence electrons. The average Bonchev–Trinajstić information content (AvgIpc) is 2.21. The summed E-state index contributed by atoms with van der Waals surface area (Å²) in [7, 11) is 0. The van der Waals surface area contributed by atoms with Crippen molar-refractivity contribution >= 4 is 6.29 Å². The second-order valence-electron chi connectivity index (χ2n) is 2.42. The van der Waals surface area contributed by atoms with Crippen LogP contribution in [0.25, 0.3) is 0 Å². The Balaban J connectivity index is 2.81. The number of carbonyl (C=O) groups excluding carboxylic acids is 1. The van der Waals surface area contributed by atoms with E-state index >= 15 is 0 Å². The molecular weight excluding hydrogens is 188 g/mol. The summed E-state index contributed by atoms with van der Waals surface area (Å²) in [6.07, 6.45) is 0.711. The van der Waals surface area contributed by atoms with Crippen molar-refractivity contribution in [3.8, 4) is 0 Å². The van der Waals surface area contributed by atoms with Gasteiger partial charge in [0.1, 0.15) is 12.9 Å². The third-order valence-electron chi connectivity index (χ3n) is 1.32. The Hall–Kier alpha value is -0.530. The summed E-state index contributed by atoms with van der Waals surface area (Å²) < 4.78 is 15.1. The summed E-state index contributed by atoms with van der Waals surface area (Å²) >= 11 is 0. The van der Waals surface area contributed by atoms with E-state index in [1.165, 1.54) is 0 Å². The van der Waals surface area contributed by atoms with Crippen molar-refractivity contribution in [1.29, 1.82) is 0 Å². The highest BCUT2D eigenvalue weighted by Gasteiger charge is 1.90. The number of rotatable bonds is 11. The number of nitrogens with two attached hydrogens (primary N) is 1. The lowest BCUT2D eigenvalue weighted by atomic mass is 10.7. The Morgan fingerprint density at radius 1 is 1.00 bits per heavy atom. The molecule has 0 heterocycles. The molecule has 0 fully saturated rings. The molecule has 6 nitrogen and oxygen atoms in total. The minimum absolute atomic E-state index is 0.127. The van der Waals surface area contributed by atoms with Crippen LogP contribution in [0.1, 0.15) is 0 Å². The third-order valence-corrected chi connectivity index (χ3v) is 1.32. The van der Waals surface area contributed by atoms with Gasteiger partial charge in [-0.25, -0.2) is 0 Å². The van der Waals surface area contributed by atoms with Crippen LogP contribution in [0.15, 0.2) is 0 Å². The van der Waals surface area contributed by atoms with Crippen molar-refractivity contribution in [1.82, 2.24) is 5.43 Å². The zero-order chi connectivity index (χ0) is 10.5. The van der Waals surface area contributed by atoms with Crippen LogP contribution in [-0.2, 0) is 19.0 Å². The minimum atomic E-state index is 0.127. The van der Waals surface area contributed by atoms with Crippen LogP contribution in [0, 0.1) is 0 Å². The third kappa shape index (κ3) is 11.5. The zero-order valence-corrected chi connectivity index (χ0v) is 8.24. The normalized spacial score (nSPS) is 10.4. The Labute approximate surface area is 83.7 Å². The fraction of sp³-hybridized carbons (Fsp3) is 0.875. The zero-order valence-electron chi connectivity index (χ0n) is 8.24. The van der Waals surface area contributed by atoms with E-state index in [1.807, 2.05) is 0 Å². The number of hydrogen-bond acceptors (Lipinski definition) is 6. The highest BCUT2D eigenvalue weighted by molar-refractivity contribution is 5.50. The molecule has 14 heavy (non-hydrogen) atoms. The van der Waals surface area contributed by atoms with Crippen molar-refractivity contribution in [3.05, 3.63) is 0 Å². The van der Waals surface area contributed by atoms with Gasteiger partial charge in [0.05, 0.1) is 33.0 Å². The predicted octanol–water partition coefficient (Wildman–Crippen LogP) is -1.30. The van der Waals surface area contributed by atoms with Crippen molar-refractivity contribution in [3.63, 3.8) is 0 Å². The maximum atomic E-state index is 9.84. The lowest BCUT2D eigenvalue weighted by molar-refractivity contribution is -0.112. The molecule has 6 heteroatoms. The first kappa shape index (κ1) is 13.5. The van der Waals surface area contributed by atoms with Crippen LogP contribution in [-0.4, -0.2) is 52.5 Å². The highest BCUT2D eigenvalue weighted by atomic mass is 16.5. The highest BCUT2D eigenvalue weighted by Crippen LogP contribution is 1.79. The molecule has 0 saturated heterocycles. The molecule has 0 saturated carbocycles. The lowest BCUT2D eigenvalue weighted by Gasteiger charge is -2.05. The molecule has 0 bridgehead atoms. The number of hydrazine groups is 1. The van der Waals surface area contributed by atoms with E-state index < -0.39 is 0 Å². The van der Waals surface area contributed by atoms with Crippen molar-refractivity contribution in [2.75, 3.05) is 46.2 Å². The van der Waals surface area contributed by atoms with Crippen LogP contribution in [0.3, 0.4) is 0 Å². The molecule has 0 radical (unpaired) electrons. The minimum Gasteiger partial charge on any atom is -0.378 e. The fourth-order valence-electron chi connectivity index (χ4n) is 0.702. The molecule has 0 amide bonds. The summed E-state index contributed by atoms with van der Waals surface area (Å²) in [6, 6.07) is 0. The van der Waals surface area contributed by atoms with Crippen molar-refractivity contribution in [2.24, 2.45) is 5.84 Å². The van der Waals surface area contributed by atoms with Crippen LogP contribution in [0.2, 0.25) is 0 Å². The van der Waals surface area contributed by atoms with Crippen LogP contribution >= 0.6 is 0 Å². The van der Waals surface area contributed by atoms with Crippen molar-refractivity contribution < 1.29 is 19.0 Å². The standard InChI is InChI=1S/C8H18N2O4/c9-10-1-3-12-5-7-14-8-6-13-4-2-11/h2,10H,1,3-9H2. The molecule has 0 aliphatic heterocycles. The molecule has 0 aromatic rings. The first-order chi connectivity index (χ1) is 6.91. The van der Waals surface area contributed by atoms with E-state index in [0.717, 1.165) is 0 Å². The summed E-state index contributed by atoms with van der Waals surface area (Å²) in [5.41, 5.74) is 2.47. The summed E-state index contributed by atoms with van der Waals surface area (Å²) in [5.74, 6) is 5.03. The van der Waals surface area contributed by atoms with Gasteiger partial charge >= 0.3 is 0 Å². The predicted molar refractivity (Wildman–Crippen MR) is 50.7 cm³/mol. The van der Waals surface area contributed by atoms with Gasteiger partial charge in [-0.1, -0.05) is 0 Å².